The normalized spacial score (nSPS) is 16.3. The zero-order valence-corrected chi connectivity index (χ0v) is 23.4. The molecule has 1 fully saturated rings. The number of pyridine rings is 1. The molecule has 0 radical (unpaired) electrons. The Morgan fingerprint density at radius 3 is 2.38 bits per heavy atom. The number of hydrogen-bond acceptors (Lipinski definition) is 7. The summed E-state index contributed by atoms with van der Waals surface area (Å²) in [7, 11) is 0. The molecule has 6 rings (SSSR count). The topological polar surface area (TPSA) is 122 Å². The Bertz CT molecular complexity index is 1780. The van der Waals surface area contributed by atoms with E-state index in [1.165, 1.54) is 30.0 Å². The van der Waals surface area contributed by atoms with E-state index in [1.54, 1.807) is 30.5 Å². The minimum atomic E-state index is -1.01. The van der Waals surface area contributed by atoms with Gasteiger partial charge in [-0.25, -0.2) is 4.79 Å². The van der Waals surface area contributed by atoms with Crippen molar-refractivity contribution in [3.05, 3.63) is 136 Å². The summed E-state index contributed by atoms with van der Waals surface area (Å²) < 4.78 is 6.36. The first-order valence-electron chi connectivity index (χ1n) is 12.8. The molecule has 2 atom stereocenters. The Labute approximate surface area is 250 Å². The molecule has 9 nitrogen and oxygen atoms in total. The van der Waals surface area contributed by atoms with Crippen LogP contribution in [0.1, 0.15) is 33.9 Å². The van der Waals surface area contributed by atoms with Crippen LogP contribution in [0.15, 0.2) is 124 Å². The van der Waals surface area contributed by atoms with Crippen molar-refractivity contribution in [3.8, 4) is 11.3 Å². The molecule has 3 aromatic carbocycles. The number of hydrogen-bond donors (Lipinski definition) is 2. The summed E-state index contributed by atoms with van der Waals surface area (Å²) >= 11 is 7.31. The van der Waals surface area contributed by atoms with Gasteiger partial charge in [0.2, 0.25) is 0 Å². The molecule has 0 saturated carbocycles. The molecule has 1 aliphatic heterocycles. The number of non-ortho nitro benzene ring substituents is 1. The van der Waals surface area contributed by atoms with E-state index in [0.717, 1.165) is 21.2 Å². The molecule has 0 aliphatic carbocycles. The van der Waals surface area contributed by atoms with Crippen LogP contribution in [-0.4, -0.2) is 26.1 Å². The molecular formula is C31H22N4O5S2. The van der Waals surface area contributed by atoms with Crippen LogP contribution in [-0.2, 0) is 0 Å². The lowest BCUT2D eigenvalue weighted by Crippen LogP contribution is -2.29. The summed E-state index contributed by atoms with van der Waals surface area (Å²) in [5.41, 5.74) is 2.52. The van der Waals surface area contributed by atoms with Crippen LogP contribution in [0.2, 0.25) is 0 Å². The predicted octanol–water partition coefficient (Wildman–Crippen LogP) is 7.28. The molecule has 2 aromatic heterocycles. The lowest BCUT2D eigenvalue weighted by Gasteiger charge is -2.26. The zero-order chi connectivity index (χ0) is 29.2. The summed E-state index contributed by atoms with van der Waals surface area (Å²) in [4.78, 5) is 30.5. The molecule has 1 saturated heterocycles. The van der Waals surface area contributed by atoms with E-state index in [9.17, 15) is 20.0 Å². The number of nitrogens with zero attached hydrogens (tertiary/aromatic N) is 3. The van der Waals surface area contributed by atoms with E-state index in [4.69, 9.17) is 16.6 Å². The number of aromatic nitrogens is 1. The van der Waals surface area contributed by atoms with E-state index >= 15 is 0 Å². The van der Waals surface area contributed by atoms with Crippen LogP contribution >= 0.6 is 24.0 Å². The number of benzene rings is 3. The summed E-state index contributed by atoms with van der Waals surface area (Å²) in [6.45, 7) is 0. The first kappa shape index (κ1) is 27.2. The van der Waals surface area contributed by atoms with Gasteiger partial charge in [-0.15, -0.1) is 0 Å². The van der Waals surface area contributed by atoms with Crippen LogP contribution < -0.4 is 10.2 Å². The third-order valence-electron chi connectivity index (χ3n) is 6.81. The van der Waals surface area contributed by atoms with E-state index in [1.807, 2.05) is 65.6 Å². The maximum Gasteiger partial charge on any atom is 0.335 e. The first-order valence-corrected chi connectivity index (χ1v) is 14.1. The number of carbonyl (C=O) groups is 1. The highest BCUT2D eigenvalue weighted by Gasteiger charge is 2.42. The van der Waals surface area contributed by atoms with E-state index < -0.39 is 10.9 Å². The van der Waals surface area contributed by atoms with Gasteiger partial charge in [-0.2, -0.15) is 0 Å². The Morgan fingerprint density at radius 2 is 1.71 bits per heavy atom. The van der Waals surface area contributed by atoms with Crippen molar-refractivity contribution in [2.24, 2.45) is 0 Å². The van der Waals surface area contributed by atoms with Crippen molar-refractivity contribution in [3.63, 3.8) is 0 Å². The van der Waals surface area contributed by atoms with Crippen LogP contribution in [0.5, 0.6) is 0 Å². The van der Waals surface area contributed by atoms with Gasteiger partial charge in [-0.05, 0) is 85.0 Å². The van der Waals surface area contributed by atoms with Gasteiger partial charge in [0, 0.05) is 39.4 Å². The minimum absolute atomic E-state index is 0.0499. The molecule has 3 heterocycles. The average molecular weight is 595 g/mol. The van der Waals surface area contributed by atoms with Gasteiger partial charge in [0.05, 0.1) is 22.2 Å². The number of nitro benzene ring substituents is 1. The second-order valence-electron chi connectivity index (χ2n) is 9.43. The molecule has 0 amide bonds. The highest BCUT2D eigenvalue weighted by atomic mass is 32.2. The maximum atomic E-state index is 11.5. The quantitative estimate of drug-likeness (QED) is 0.108. The molecule has 42 heavy (non-hydrogen) atoms. The Balaban J connectivity index is 1.32. The van der Waals surface area contributed by atoms with E-state index in [0.29, 0.717) is 22.2 Å². The van der Waals surface area contributed by atoms with Crippen LogP contribution in [0.3, 0.4) is 0 Å². The number of rotatable bonds is 8. The van der Waals surface area contributed by atoms with E-state index in [-0.39, 0.29) is 23.3 Å². The number of aromatic carboxylic acids is 1. The number of carboxylic acid groups (broad SMARTS) is 1. The zero-order valence-electron chi connectivity index (χ0n) is 21.8. The van der Waals surface area contributed by atoms with Crippen molar-refractivity contribution < 1.29 is 19.2 Å². The monoisotopic (exact) mass is 594 g/mol. The highest BCUT2D eigenvalue weighted by Crippen LogP contribution is 2.43. The average Bonchev–Trinajstić information content (AvgIpc) is 3.63. The summed E-state index contributed by atoms with van der Waals surface area (Å²) in [5, 5.41) is 24.3. The van der Waals surface area contributed by atoms with Crippen LogP contribution in [0.25, 0.3) is 11.3 Å². The summed E-state index contributed by atoms with van der Waals surface area (Å²) in [6.07, 6.45) is 1.73. The van der Waals surface area contributed by atoms with Crippen molar-refractivity contribution in [1.82, 2.24) is 10.3 Å². The molecule has 1 aliphatic rings. The molecule has 11 heteroatoms. The Hall–Kier alpha value is -5.00. The van der Waals surface area contributed by atoms with Crippen LogP contribution in [0.4, 0.5) is 11.4 Å². The van der Waals surface area contributed by atoms with E-state index in [2.05, 4.69) is 10.3 Å². The van der Waals surface area contributed by atoms with Gasteiger partial charge in [0.15, 0.2) is 5.11 Å². The number of nitro groups is 1. The van der Waals surface area contributed by atoms with Gasteiger partial charge in [-0.3, -0.25) is 15.1 Å². The number of carboxylic acids is 1. The molecule has 2 N–H and O–H groups in total. The van der Waals surface area contributed by atoms with Gasteiger partial charge >= 0.3 is 5.97 Å². The van der Waals surface area contributed by atoms with Crippen molar-refractivity contribution in [1.29, 1.82) is 0 Å². The standard InChI is InChI=1S/C31H22N4O5S2/c36-30(37)20-5-3-4-19(18-20)26-15-16-27(40-26)29-28(25-6-1-2-17-32-25)33-31(41)34(29)21-7-11-23(12-8-21)42-24-13-9-22(10-14-24)35(38)39/h1-18,28-29H,(H,33,41)(H,36,37)/t28-,29+/m1/s1. The molecular weight excluding hydrogens is 572 g/mol. The summed E-state index contributed by atoms with van der Waals surface area (Å²) in [6, 6.07) is 29.7. The fourth-order valence-electron chi connectivity index (χ4n) is 4.84. The lowest BCUT2D eigenvalue weighted by atomic mass is 10.0. The third kappa shape index (κ3) is 5.47. The molecule has 208 valence electrons. The Morgan fingerprint density at radius 1 is 0.976 bits per heavy atom. The highest BCUT2D eigenvalue weighted by molar-refractivity contribution is 7.99. The van der Waals surface area contributed by atoms with Gasteiger partial charge in [-0.1, -0.05) is 30.0 Å². The first-order chi connectivity index (χ1) is 20.4. The maximum absolute atomic E-state index is 11.5. The Kier molecular flexibility index (Phi) is 7.43. The number of thiocarbonyl (C=S) groups is 1. The predicted molar refractivity (Wildman–Crippen MR) is 163 cm³/mol. The number of furan rings is 1. The minimum Gasteiger partial charge on any atom is -0.478 e. The van der Waals surface area contributed by atoms with Crippen molar-refractivity contribution in [2.75, 3.05) is 4.90 Å². The molecule has 0 spiro atoms. The second-order valence-corrected chi connectivity index (χ2v) is 11.0. The third-order valence-corrected chi connectivity index (χ3v) is 8.14. The largest absolute Gasteiger partial charge is 0.478 e. The van der Waals surface area contributed by atoms with Gasteiger partial charge < -0.3 is 19.7 Å². The number of anilines is 1. The summed E-state index contributed by atoms with van der Waals surface area (Å²) in [5.74, 6) is 0.170. The van der Waals surface area contributed by atoms with Crippen LogP contribution in [0, 0.1) is 10.1 Å². The molecule has 0 unspecified atom stereocenters. The lowest BCUT2D eigenvalue weighted by molar-refractivity contribution is -0.384. The number of nitrogens with one attached hydrogen (secondary N) is 1. The van der Waals surface area contributed by atoms with Crippen molar-refractivity contribution in [2.45, 2.75) is 21.9 Å². The van der Waals surface area contributed by atoms with Gasteiger partial charge in [0.25, 0.3) is 5.69 Å². The van der Waals surface area contributed by atoms with Crippen molar-refractivity contribution >= 4 is 46.4 Å². The second kappa shape index (κ2) is 11.5. The fourth-order valence-corrected chi connectivity index (χ4v) is 6.00. The molecule has 5 aromatic rings. The molecule has 0 bridgehead atoms. The fraction of sp³-hybridized carbons (Fsp3) is 0.0645. The van der Waals surface area contributed by atoms with Gasteiger partial charge in [0.1, 0.15) is 17.6 Å². The smallest absolute Gasteiger partial charge is 0.335 e. The SMILES string of the molecule is O=C(O)c1cccc(-c2ccc([C@H]3[C@@H](c4ccccn4)NC(=S)N3c3ccc(Sc4ccc([N+](=O)[O-])cc4)cc3)o2)c1.